The van der Waals surface area contributed by atoms with E-state index in [0.717, 1.165) is 19.3 Å². The summed E-state index contributed by atoms with van der Waals surface area (Å²) in [6.45, 7) is 4.98. The first-order valence-electron chi connectivity index (χ1n) is 7.54. The molecule has 0 spiro atoms. The van der Waals surface area contributed by atoms with E-state index in [9.17, 15) is 9.59 Å². The van der Waals surface area contributed by atoms with E-state index in [4.69, 9.17) is 5.11 Å². The third kappa shape index (κ3) is 13.2. The maximum absolute atomic E-state index is 11.6. The van der Waals surface area contributed by atoms with Gasteiger partial charge in [0.25, 0.3) is 0 Å². The van der Waals surface area contributed by atoms with Crippen molar-refractivity contribution in [1.82, 2.24) is 5.32 Å². The third-order valence-electron chi connectivity index (χ3n) is 3.22. The van der Waals surface area contributed by atoms with Crippen LogP contribution in [0.5, 0.6) is 0 Å². The quantitative estimate of drug-likeness (QED) is 0.535. The normalized spacial score (nSPS) is 12.1. The fraction of sp³-hybridized carbons (Fsp3) is 0.867. The van der Waals surface area contributed by atoms with Gasteiger partial charge in [-0.3, -0.25) is 9.59 Å². The first-order valence-corrected chi connectivity index (χ1v) is 7.54. The van der Waals surface area contributed by atoms with E-state index in [-0.39, 0.29) is 12.3 Å². The summed E-state index contributed by atoms with van der Waals surface area (Å²) >= 11 is 0. The van der Waals surface area contributed by atoms with Gasteiger partial charge in [0, 0.05) is 19.4 Å². The van der Waals surface area contributed by atoms with Gasteiger partial charge < -0.3 is 10.4 Å². The summed E-state index contributed by atoms with van der Waals surface area (Å²) in [4.78, 5) is 21.9. The molecule has 0 aromatic rings. The molecule has 0 fully saturated rings. The van der Waals surface area contributed by atoms with Crippen molar-refractivity contribution in [2.75, 3.05) is 6.54 Å². The molecule has 0 saturated heterocycles. The highest BCUT2D eigenvalue weighted by Crippen LogP contribution is 2.12. The standard InChI is InChI=1S/C15H29NO3/c1-3-4-6-9-13(2)12-14(17)16-11-8-5-7-10-15(18)19/h13H,3-12H2,1-2H3,(H,16,17)(H,18,19). The average Bonchev–Trinajstić information content (AvgIpc) is 2.33. The van der Waals surface area contributed by atoms with Crippen LogP contribution in [0.25, 0.3) is 0 Å². The van der Waals surface area contributed by atoms with Crippen LogP contribution >= 0.6 is 0 Å². The molecule has 0 aliphatic carbocycles. The lowest BCUT2D eigenvalue weighted by atomic mass is 9.99. The van der Waals surface area contributed by atoms with Gasteiger partial charge in [0.2, 0.25) is 5.91 Å². The average molecular weight is 271 g/mol. The lowest BCUT2D eigenvalue weighted by Crippen LogP contribution is -2.26. The Morgan fingerprint density at radius 2 is 1.84 bits per heavy atom. The van der Waals surface area contributed by atoms with Crippen LogP contribution in [0.3, 0.4) is 0 Å². The van der Waals surface area contributed by atoms with Crippen molar-refractivity contribution in [1.29, 1.82) is 0 Å². The molecule has 1 unspecified atom stereocenters. The van der Waals surface area contributed by atoms with Crippen LogP contribution in [0, 0.1) is 5.92 Å². The highest BCUT2D eigenvalue weighted by molar-refractivity contribution is 5.76. The van der Waals surface area contributed by atoms with Crippen molar-refractivity contribution in [3.05, 3.63) is 0 Å². The lowest BCUT2D eigenvalue weighted by molar-refractivity contribution is -0.137. The number of carbonyl (C=O) groups is 2. The Morgan fingerprint density at radius 3 is 2.47 bits per heavy atom. The molecule has 19 heavy (non-hydrogen) atoms. The highest BCUT2D eigenvalue weighted by atomic mass is 16.4. The second-order valence-corrected chi connectivity index (χ2v) is 5.36. The topological polar surface area (TPSA) is 66.4 Å². The van der Waals surface area contributed by atoms with Gasteiger partial charge in [-0.25, -0.2) is 0 Å². The molecule has 0 rings (SSSR count). The fourth-order valence-corrected chi connectivity index (χ4v) is 2.04. The van der Waals surface area contributed by atoms with Crippen molar-refractivity contribution < 1.29 is 14.7 Å². The smallest absolute Gasteiger partial charge is 0.303 e. The fourth-order valence-electron chi connectivity index (χ4n) is 2.04. The number of rotatable bonds is 12. The maximum atomic E-state index is 11.6. The Kier molecular flexibility index (Phi) is 11.3. The SMILES string of the molecule is CCCCCC(C)CC(=O)NCCCCCC(=O)O. The van der Waals surface area contributed by atoms with Crippen molar-refractivity contribution in [3.63, 3.8) is 0 Å². The number of carboxylic acids is 1. The Hall–Kier alpha value is -1.06. The minimum Gasteiger partial charge on any atom is -0.481 e. The largest absolute Gasteiger partial charge is 0.481 e. The second kappa shape index (κ2) is 12.0. The van der Waals surface area contributed by atoms with Gasteiger partial charge in [0.05, 0.1) is 0 Å². The molecule has 1 amide bonds. The molecule has 0 bridgehead atoms. The molecule has 112 valence electrons. The zero-order valence-corrected chi connectivity index (χ0v) is 12.4. The van der Waals surface area contributed by atoms with Crippen LogP contribution in [-0.2, 0) is 9.59 Å². The van der Waals surface area contributed by atoms with E-state index < -0.39 is 5.97 Å². The Labute approximate surface area is 117 Å². The van der Waals surface area contributed by atoms with Gasteiger partial charge in [0.15, 0.2) is 0 Å². The number of carboxylic acid groups (broad SMARTS) is 1. The predicted molar refractivity (Wildman–Crippen MR) is 77.0 cm³/mol. The number of unbranched alkanes of at least 4 members (excludes halogenated alkanes) is 4. The maximum Gasteiger partial charge on any atom is 0.303 e. The van der Waals surface area contributed by atoms with Crippen LogP contribution in [0.4, 0.5) is 0 Å². The number of hydrogen-bond donors (Lipinski definition) is 2. The van der Waals surface area contributed by atoms with Crippen LogP contribution in [0.2, 0.25) is 0 Å². The molecule has 1 atom stereocenters. The van der Waals surface area contributed by atoms with E-state index in [1.54, 1.807) is 0 Å². The first-order chi connectivity index (χ1) is 9.06. The monoisotopic (exact) mass is 271 g/mol. The van der Waals surface area contributed by atoms with Crippen molar-refractivity contribution in [2.24, 2.45) is 5.92 Å². The summed E-state index contributed by atoms with van der Waals surface area (Å²) in [5.74, 6) is -0.161. The molecule has 0 saturated carbocycles. The third-order valence-corrected chi connectivity index (χ3v) is 3.22. The van der Waals surface area contributed by atoms with Gasteiger partial charge in [-0.1, -0.05) is 46.0 Å². The van der Waals surface area contributed by atoms with Gasteiger partial charge >= 0.3 is 5.97 Å². The van der Waals surface area contributed by atoms with Crippen LogP contribution < -0.4 is 5.32 Å². The first kappa shape index (κ1) is 17.9. The van der Waals surface area contributed by atoms with Crippen LogP contribution in [0.15, 0.2) is 0 Å². The van der Waals surface area contributed by atoms with E-state index in [1.807, 2.05) is 0 Å². The molecular weight excluding hydrogens is 242 g/mol. The zero-order chi connectivity index (χ0) is 14.5. The number of nitrogens with one attached hydrogen (secondary N) is 1. The Bertz CT molecular complexity index is 254. The molecule has 0 aliphatic heterocycles. The Morgan fingerprint density at radius 1 is 1.11 bits per heavy atom. The summed E-state index contributed by atoms with van der Waals surface area (Å²) in [6, 6.07) is 0. The van der Waals surface area contributed by atoms with E-state index >= 15 is 0 Å². The second-order valence-electron chi connectivity index (χ2n) is 5.36. The lowest BCUT2D eigenvalue weighted by Gasteiger charge is -2.11. The van der Waals surface area contributed by atoms with Crippen LogP contribution in [-0.4, -0.2) is 23.5 Å². The van der Waals surface area contributed by atoms with Crippen molar-refractivity contribution >= 4 is 11.9 Å². The minimum atomic E-state index is -0.745. The molecule has 2 N–H and O–H groups in total. The molecule has 4 nitrogen and oxygen atoms in total. The minimum absolute atomic E-state index is 0.127. The summed E-state index contributed by atoms with van der Waals surface area (Å²) in [5, 5.41) is 11.4. The van der Waals surface area contributed by atoms with Gasteiger partial charge in [-0.15, -0.1) is 0 Å². The van der Waals surface area contributed by atoms with Gasteiger partial charge in [-0.2, -0.15) is 0 Å². The zero-order valence-electron chi connectivity index (χ0n) is 12.4. The summed E-state index contributed by atoms with van der Waals surface area (Å²) < 4.78 is 0. The number of amides is 1. The molecule has 0 aliphatic rings. The number of carbonyl (C=O) groups excluding carboxylic acids is 1. The molecular formula is C15H29NO3. The molecule has 0 radical (unpaired) electrons. The summed E-state index contributed by atoms with van der Waals surface area (Å²) in [6.07, 6.45) is 8.05. The van der Waals surface area contributed by atoms with E-state index in [2.05, 4.69) is 19.2 Å². The summed E-state index contributed by atoms with van der Waals surface area (Å²) in [7, 11) is 0. The van der Waals surface area contributed by atoms with E-state index in [0.29, 0.717) is 25.3 Å². The number of aliphatic carboxylic acids is 1. The Balaban J connectivity index is 3.40. The van der Waals surface area contributed by atoms with Crippen molar-refractivity contribution in [3.8, 4) is 0 Å². The van der Waals surface area contributed by atoms with Crippen LogP contribution in [0.1, 0.15) is 71.6 Å². The number of hydrogen-bond acceptors (Lipinski definition) is 2. The molecule has 0 aromatic heterocycles. The van der Waals surface area contributed by atoms with E-state index in [1.165, 1.54) is 19.3 Å². The molecule has 0 aromatic carbocycles. The van der Waals surface area contributed by atoms with Gasteiger partial charge in [-0.05, 0) is 18.8 Å². The predicted octanol–water partition coefficient (Wildman–Crippen LogP) is 3.35. The van der Waals surface area contributed by atoms with Crippen molar-refractivity contribution in [2.45, 2.75) is 71.6 Å². The highest BCUT2D eigenvalue weighted by Gasteiger charge is 2.08. The summed E-state index contributed by atoms with van der Waals surface area (Å²) in [5.41, 5.74) is 0. The van der Waals surface area contributed by atoms with Gasteiger partial charge in [0.1, 0.15) is 0 Å². The molecule has 4 heteroatoms. The molecule has 0 heterocycles.